The van der Waals surface area contributed by atoms with Crippen molar-refractivity contribution in [2.45, 2.75) is 63.3 Å². The quantitative estimate of drug-likeness (QED) is 0.341. The summed E-state index contributed by atoms with van der Waals surface area (Å²) in [6.45, 7) is 0. The number of hydrogen-bond donors (Lipinski definition) is 2. The van der Waals surface area contributed by atoms with E-state index in [1.54, 1.807) is 0 Å². The minimum absolute atomic E-state index is 0.0629. The monoisotopic (exact) mass is 386 g/mol. The summed E-state index contributed by atoms with van der Waals surface area (Å²) in [4.78, 5) is 21.4. The number of carbonyl (C=O) groups is 1. The summed E-state index contributed by atoms with van der Waals surface area (Å²) < 4.78 is 0. The molecule has 28 heavy (non-hydrogen) atoms. The van der Waals surface area contributed by atoms with Crippen LogP contribution in [0.25, 0.3) is 0 Å². The first-order valence-corrected chi connectivity index (χ1v) is 10.2. The molecule has 0 aromatic heterocycles. The summed E-state index contributed by atoms with van der Waals surface area (Å²) in [6, 6.07) is 10.2. The Labute approximate surface area is 166 Å². The number of carboxylic acid groups (broad SMARTS) is 1. The fourth-order valence-corrected chi connectivity index (χ4v) is 4.07. The lowest BCUT2D eigenvalue weighted by atomic mass is 9.89. The van der Waals surface area contributed by atoms with Crippen LogP contribution in [0.5, 0.6) is 0 Å². The molecule has 1 aromatic carbocycles. The molecule has 0 radical (unpaired) electrons. The molecule has 1 saturated carbocycles. The van der Waals surface area contributed by atoms with Crippen molar-refractivity contribution < 1.29 is 24.8 Å². The normalized spacial score (nSPS) is 27.8. The number of allylic oxidation sites excluding steroid dienone is 2. The molecular weight excluding hydrogens is 356 g/mol. The van der Waals surface area contributed by atoms with Gasteiger partial charge in [-0.1, -0.05) is 54.6 Å². The largest absolute Gasteiger partial charge is 0.481 e. The maximum atomic E-state index is 10.5. The average molecular weight is 386 g/mol. The van der Waals surface area contributed by atoms with Gasteiger partial charge in [0.05, 0.1) is 12.2 Å². The number of carboxylic acids is 1. The van der Waals surface area contributed by atoms with E-state index >= 15 is 0 Å². The molecule has 152 valence electrons. The molecule has 2 fully saturated rings. The molecule has 0 spiro atoms. The lowest BCUT2D eigenvalue weighted by molar-refractivity contribution is -0.336. The van der Waals surface area contributed by atoms with E-state index in [2.05, 4.69) is 30.4 Å². The molecule has 1 heterocycles. The molecule has 1 aliphatic carbocycles. The van der Waals surface area contributed by atoms with Crippen molar-refractivity contribution in [2.75, 3.05) is 0 Å². The van der Waals surface area contributed by atoms with Gasteiger partial charge in [0.25, 0.3) is 0 Å². The van der Waals surface area contributed by atoms with Crippen molar-refractivity contribution in [1.29, 1.82) is 0 Å². The van der Waals surface area contributed by atoms with Crippen LogP contribution in [0.4, 0.5) is 0 Å². The lowest BCUT2D eigenvalue weighted by Gasteiger charge is -2.27. The third-order valence-corrected chi connectivity index (χ3v) is 5.63. The van der Waals surface area contributed by atoms with E-state index < -0.39 is 12.1 Å². The third kappa shape index (κ3) is 6.03. The van der Waals surface area contributed by atoms with Crippen LogP contribution in [0.2, 0.25) is 0 Å². The predicted octanol–water partition coefficient (Wildman–Crippen LogP) is 4.07. The summed E-state index contributed by atoms with van der Waals surface area (Å²) in [6.07, 6.45) is 12.9. The minimum Gasteiger partial charge on any atom is -0.481 e. The van der Waals surface area contributed by atoms with Crippen molar-refractivity contribution in [3.8, 4) is 0 Å². The van der Waals surface area contributed by atoms with E-state index in [0.717, 1.165) is 25.7 Å². The number of unbranched alkanes of at least 4 members (excludes halogenated alkanes) is 1. The van der Waals surface area contributed by atoms with Gasteiger partial charge in [-0.15, -0.1) is 0 Å². The first-order valence-electron chi connectivity index (χ1n) is 10.2. The summed E-state index contributed by atoms with van der Waals surface area (Å²) in [7, 11) is 0. The maximum Gasteiger partial charge on any atom is 0.303 e. The van der Waals surface area contributed by atoms with Gasteiger partial charge < -0.3 is 10.2 Å². The fraction of sp³-hybridized carbons (Fsp3) is 0.522. The third-order valence-electron chi connectivity index (χ3n) is 5.63. The highest BCUT2D eigenvalue weighted by Crippen LogP contribution is 2.44. The van der Waals surface area contributed by atoms with Gasteiger partial charge in [0.2, 0.25) is 0 Å². The Balaban J connectivity index is 1.46. The molecule has 1 aromatic rings. The number of aliphatic hydroxyl groups excluding tert-OH is 1. The molecule has 0 unspecified atom stereocenters. The predicted molar refractivity (Wildman–Crippen MR) is 106 cm³/mol. The number of aliphatic carboxylic acids is 1. The number of hydrogen-bond acceptors (Lipinski definition) is 4. The second-order valence-corrected chi connectivity index (χ2v) is 7.72. The number of aliphatic hydroxyl groups is 1. The van der Waals surface area contributed by atoms with Crippen LogP contribution < -0.4 is 0 Å². The summed E-state index contributed by atoms with van der Waals surface area (Å²) in [5.74, 6) is -0.163. The second kappa shape index (κ2) is 10.6. The average Bonchev–Trinajstić information content (AvgIpc) is 3.30. The molecule has 1 aliphatic heterocycles. The number of fused-ring (bicyclic) bond motifs is 2. The smallest absolute Gasteiger partial charge is 0.303 e. The first kappa shape index (κ1) is 20.8. The number of aryl methyl sites for hydroxylation is 1. The summed E-state index contributed by atoms with van der Waals surface area (Å²) in [5.41, 5.74) is 1.23. The SMILES string of the molecule is O=C(O)CCC/C=C\C[C@@H]1[C@@H](/C=C/[C@@H](O)CCc2ccccc2)[C@H]2C[C@@H]1OO2. The van der Waals surface area contributed by atoms with Crippen molar-refractivity contribution in [3.63, 3.8) is 0 Å². The van der Waals surface area contributed by atoms with Crippen LogP contribution in [0.3, 0.4) is 0 Å². The van der Waals surface area contributed by atoms with Gasteiger partial charge in [-0.05, 0) is 37.7 Å². The molecule has 2 bridgehead atoms. The second-order valence-electron chi connectivity index (χ2n) is 7.72. The zero-order valence-corrected chi connectivity index (χ0v) is 16.2. The maximum absolute atomic E-state index is 10.5. The zero-order valence-electron chi connectivity index (χ0n) is 16.2. The van der Waals surface area contributed by atoms with Crippen LogP contribution in [0.15, 0.2) is 54.6 Å². The molecule has 1 saturated heterocycles. The molecule has 2 N–H and O–H groups in total. The van der Waals surface area contributed by atoms with E-state index in [-0.39, 0.29) is 24.5 Å². The van der Waals surface area contributed by atoms with Gasteiger partial charge in [0.1, 0.15) is 6.10 Å². The summed E-state index contributed by atoms with van der Waals surface area (Å²) >= 11 is 0. The Hall–Kier alpha value is -1.95. The fourth-order valence-electron chi connectivity index (χ4n) is 4.07. The Morgan fingerprint density at radius 1 is 1.18 bits per heavy atom. The van der Waals surface area contributed by atoms with E-state index in [9.17, 15) is 9.90 Å². The zero-order chi connectivity index (χ0) is 19.8. The van der Waals surface area contributed by atoms with Crippen LogP contribution in [0, 0.1) is 11.8 Å². The van der Waals surface area contributed by atoms with E-state index in [0.29, 0.717) is 18.8 Å². The molecule has 5 atom stereocenters. The van der Waals surface area contributed by atoms with Gasteiger partial charge in [-0.3, -0.25) is 4.79 Å². The van der Waals surface area contributed by atoms with Crippen molar-refractivity contribution >= 4 is 5.97 Å². The molecule has 5 heteroatoms. The van der Waals surface area contributed by atoms with Crippen molar-refractivity contribution in [3.05, 3.63) is 60.2 Å². The molecule has 0 amide bonds. The van der Waals surface area contributed by atoms with Crippen LogP contribution >= 0.6 is 0 Å². The minimum atomic E-state index is -0.747. The van der Waals surface area contributed by atoms with Crippen LogP contribution in [0.1, 0.15) is 44.1 Å². The molecular formula is C23H30O5. The van der Waals surface area contributed by atoms with Crippen molar-refractivity contribution in [1.82, 2.24) is 0 Å². The highest BCUT2D eigenvalue weighted by Gasteiger charge is 2.49. The highest BCUT2D eigenvalue weighted by atomic mass is 17.2. The Morgan fingerprint density at radius 2 is 1.96 bits per heavy atom. The Bertz CT molecular complexity index is 669. The standard InChI is InChI=1S/C23H30O5/c24-18(13-12-17-8-4-3-5-9-17)14-15-20-19(21-16-22(20)28-27-21)10-6-1-2-7-11-23(25)26/h1,3-6,8-9,14-15,18-22,24H,2,7,10-13,16H2,(H,25,26)/b6-1-,15-14+/t18-,19+,20+,21-,22+/m0/s1. The van der Waals surface area contributed by atoms with Gasteiger partial charge >= 0.3 is 5.97 Å². The van der Waals surface area contributed by atoms with Crippen LogP contribution in [-0.4, -0.2) is 34.5 Å². The van der Waals surface area contributed by atoms with E-state index in [1.807, 2.05) is 24.3 Å². The van der Waals surface area contributed by atoms with Gasteiger partial charge in [-0.2, -0.15) is 0 Å². The summed E-state index contributed by atoms with van der Waals surface area (Å²) in [5, 5.41) is 19.0. The Kier molecular flexibility index (Phi) is 7.83. The molecule has 2 aliphatic rings. The van der Waals surface area contributed by atoms with Crippen molar-refractivity contribution in [2.24, 2.45) is 11.8 Å². The van der Waals surface area contributed by atoms with Gasteiger partial charge in [0, 0.05) is 24.7 Å². The van der Waals surface area contributed by atoms with E-state index in [1.165, 1.54) is 5.56 Å². The van der Waals surface area contributed by atoms with Gasteiger partial charge in [0.15, 0.2) is 0 Å². The molecule has 5 nitrogen and oxygen atoms in total. The van der Waals surface area contributed by atoms with Gasteiger partial charge in [-0.25, -0.2) is 9.78 Å². The Morgan fingerprint density at radius 3 is 2.75 bits per heavy atom. The lowest BCUT2D eigenvalue weighted by Crippen LogP contribution is -2.28. The highest BCUT2D eigenvalue weighted by molar-refractivity contribution is 5.66. The van der Waals surface area contributed by atoms with E-state index in [4.69, 9.17) is 14.9 Å². The topological polar surface area (TPSA) is 76.0 Å². The number of rotatable bonds is 11. The number of benzene rings is 1. The first-order chi connectivity index (χ1) is 13.6. The molecule has 3 rings (SSSR count). The van der Waals surface area contributed by atoms with Crippen LogP contribution in [-0.2, 0) is 21.0 Å².